The minimum atomic E-state index is -0.0317. The number of pyridine rings is 1. The number of rotatable bonds is 2. The van der Waals surface area contributed by atoms with Crippen LogP contribution in [0.4, 0.5) is 5.82 Å². The van der Waals surface area contributed by atoms with Gasteiger partial charge in [0.1, 0.15) is 11.9 Å². The van der Waals surface area contributed by atoms with Crippen LogP contribution in [-0.4, -0.2) is 41.7 Å². The Hall–Kier alpha value is -2.62. The molecule has 0 radical (unpaired) electrons. The number of anilines is 1. The summed E-state index contributed by atoms with van der Waals surface area (Å²) in [5, 5.41) is 9.56. The molecule has 0 spiro atoms. The normalized spacial score (nSPS) is 20.8. The molecule has 1 saturated heterocycles. The number of aromatic nitrogens is 2. The van der Waals surface area contributed by atoms with E-state index in [4.69, 9.17) is 10.5 Å². The SMILES string of the molecule is CO[C@@H]1CN(c2cc(C)c(C#N)c3nc4ccccc4n23)C[C@@H]1N. The summed E-state index contributed by atoms with van der Waals surface area (Å²) in [4.78, 5) is 6.90. The predicted molar refractivity (Wildman–Crippen MR) is 93.1 cm³/mol. The van der Waals surface area contributed by atoms with Gasteiger partial charge in [-0.2, -0.15) is 5.26 Å². The van der Waals surface area contributed by atoms with E-state index in [0.717, 1.165) is 29.0 Å². The fraction of sp³-hybridized carbons (Fsp3) is 0.333. The number of para-hydroxylation sites is 2. The Labute approximate surface area is 140 Å². The van der Waals surface area contributed by atoms with E-state index in [1.807, 2.05) is 37.3 Å². The van der Waals surface area contributed by atoms with Crippen molar-refractivity contribution in [2.24, 2.45) is 5.73 Å². The molecule has 0 amide bonds. The molecule has 0 unspecified atom stereocenters. The van der Waals surface area contributed by atoms with Crippen LogP contribution >= 0.6 is 0 Å². The van der Waals surface area contributed by atoms with Crippen LogP contribution in [0.5, 0.6) is 0 Å². The van der Waals surface area contributed by atoms with Gasteiger partial charge in [-0.3, -0.25) is 4.40 Å². The number of benzene rings is 1. The Morgan fingerprint density at radius 1 is 1.33 bits per heavy atom. The van der Waals surface area contributed by atoms with Gasteiger partial charge in [0.25, 0.3) is 0 Å². The molecule has 3 aromatic rings. The number of nitrogens with two attached hydrogens (primary N) is 1. The summed E-state index contributed by atoms with van der Waals surface area (Å²) in [7, 11) is 1.69. The van der Waals surface area contributed by atoms with Crippen LogP contribution in [-0.2, 0) is 4.74 Å². The highest BCUT2D eigenvalue weighted by Gasteiger charge is 2.32. The van der Waals surface area contributed by atoms with Crippen molar-refractivity contribution in [2.75, 3.05) is 25.1 Å². The first kappa shape index (κ1) is 14.9. The van der Waals surface area contributed by atoms with E-state index in [1.165, 1.54) is 0 Å². The summed E-state index contributed by atoms with van der Waals surface area (Å²) < 4.78 is 7.55. The van der Waals surface area contributed by atoms with E-state index in [0.29, 0.717) is 17.8 Å². The lowest BCUT2D eigenvalue weighted by Gasteiger charge is -2.21. The van der Waals surface area contributed by atoms with Gasteiger partial charge in [0, 0.05) is 20.2 Å². The van der Waals surface area contributed by atoms with Crippen molar-refractivity contribution in [3.8, 4) is 6.07 Å². The molecule has 1 aromatic carbocycles. The fourth-order valence-corrected chi connectivity index (χ4v) is 3.54. The minimum Gasteiger partial charge on any atom is -0.378 e. The average molecular weight is 321 g/mol. The number of nitriles is 1. The van der Waals surface area contributed by atoms with Crippen LogP contribution in [0, 0.1) is 18.3 Å². The van der Waals surface area contributed by atoms with E-state index in [1.54, 1.807) is 7.11 Å². The first-order valence-electron chi connectivity index (χ1n) is 7.98. The topological polar surface area (TPSA) is 79.6 Å². The highest BCUT2D eigenvalue weighted by atomic mass is 16.5. The molecule has 2 aromatic heterocycles. The maximum Gasteiger partial charge on any atom is 0.157 e. The Bertz CT molecular complexity index is 971. The second kappa shape index (κ2) is 5.48. The van der Waals surface area contributed by atoms with Crippen LogP contribution in [0.2, 0.25) is 0 Å². The Balaban J connectivity index is 2.01. The third-order valence-electron chi connectivity index (χ3n) is 4.80. The van der Waals surface area contributed by atoms with E-state index in [9.17, 15) is 5.26 Å². The Kier molecular flexibility index (Phi) is 3.41. The smallest absolute Gasteiger partial charge is 0.157 e. The molecular weight excluding hydrogens is 302 g/mol. The maximum atomic E-state index is 9.56. The van der Waals surface area contributed by atoms with Crippen molar-refractivity contribution < 1.29 is 4.74 Å². The third-order valence-corrected chi connectivity index (χ3v) is 4.80. The van der Waals surface area contributed by atoms with Gasteiger partial charge in [-0.25, -0.2) is 4.98 Å². The highest BCUT2D eigenvalue weighted by molar-refractivity contribution is 5.85. The molecule has 4 rings (SSSR count). The summed E-state index contributed by atoms with van der Waals surface area (Å²) >= 11 is 0. The molecule has 1 fully saturated rings. The zero-order valence-corrected chi connectivity index (χ0v) is 13.7. The minimum absolute atomic E-state index is 0.00536. The first-order chi connectivity index (χ1) is 11.6. The van der Waals surface area contributed by atoms with Gasteiger partial charge in [0.15, 0.2) is 5.65 Å². The first-order valence-corrected chi connectivity index (χ1v) is 7.98. The molecule has 0 aliphatic carbocycles. The highest BCUT2D eigenvalue weighted by Crippen LogP contribution is 2.30. The number of nitrogens with zero attached hydrogens (tertiary/aromatic N) is 4. The Morgan fingerprint density at radius 2 is 2.12 bits per heavy atom. The molecule has 0 bridgehead atoms. The number of hydrogen-bond acceptors (Lipinski definition) is 5. The van der Waals surface area contributed by atoms with Crippen molar-refractivity contribution in [3.05, 3.63) is 41.5 Å². The second-order valence-corrected chi connectivity index (χ2v) is 6.27. The summed E-state index contributed by atoms with van der Waals surface area (Å²) in [6.07, 6.45) is 0.00536. The van der Waals surface area contributed by atoms with Crippen molar-refractivity contribution in [1.82, 2.24) is 9.38 Å². The van der Waals surface area contributed by atoms with Gasteiger partial charge in [-0.15, -0.1) is 0 Å². The largest absolute Gasteiger partial charge is 0.378 e. The number of hydrogen-bond donors (Lipinski definition) is 1. The quantitative estimate of drug-likeness (QED) is 0.779. The van der Waals surface area contributed by atoms with Crippen LogP contribution in [0.15, 0.2) is 30.3 Å². The van der Waals surface area contributed by atoms with E-state index < -0.39 is 0 Å². The molecule has 2 N–H and O–H groups in total. The van der Waals surface area contributed by atoms with Crippen molar-refractivity contribution in [3.63, 3.8) is 0 Å². The van der Waals surface area contributed by atoms with Crippen LogP contribution in [0.25, 0.3) is 16.7 Å². The van der Waals surface area contributed by atoms with Gasteiger partial charge in [-0.1, -0.05) is 12.1 Å². The molecule has 0 saturated carbocycles. The molecule has 1 aliphatic rings. The summed E-state index contributed by atoms with van der Waals surface area (Å²) in [6, 6.07) is 12.2. The number of aryl methyl sites for hydroxylation is 1. The molecule has 2 atom stereocenters. The Morgan fingerprint density at radius 3 is 2.83 bits per heavy atom. The fourth-order valence-electron chi connectivity index (χ4n) is 3.54. The lowest BCUT2D eigenvalue weighted by atomic mass is 10.1. The van der Waals surface area contributed by atoms with Gasteiger partial charge < -0.3 is 15.4 Å². The summed E-state index contributed by atoms with van der Waals surface area (Å²) in [6.45, 7) is 3.39. The van der Waals surface area contributed by atoms with Gasteiger partial charge in [0.2, 0.25) is 0 Å². The average Bonchev–Trinajstić information content (AvgIpc) is 3.14. The number of methoxy groups -OCH3 is 1. The molecule has 6 heteroatoms. The number of fused-ring (bicyclic) bond motifs is 3. The predicted octanol–water partition coefficient (Wildman–Crippen LogP) is 1.83. The zero-order chi connectivity index (χ0) is 16.8. The van der Waals surface area contributed by atoms with Gasteiger partial charge in [0.05, 0.1) is 28.7 Å². The number of imidazole rings is 1. The van der Waals surface area contributed by atoms with Crippen molar-refractivity contribution >= 4 is 22.5 Å². The molecule has 122 valence electrons. The van der Waals surface area contributed by atoms with E-state index in [2.05, 4.69) is 20.4 Å². The molecule has 3 heterocycles. The number of ether oxygens (including phenoxy) is 1. The molecular formula is C18H19N5O. The molecule has 1 aliphatic heterocycles. The van der Waals surface area contributed by atoms with Crippen molar-refractivity contribution in [1.29, 1.82) is 5.26 Å². The summed E-state index contributed by atoms with van der Waals surface area (Å²) in [5.41, 5.74) is 10.3. The molecule has 6 nitrogen and oxygen atoms in total. The van der Waals surface area contributed by atoms with Crippen molar-refractivity contribution in [2.45, 2.75) is 19.1 Å². The standard InChI is InChI=1S/C18H19N5O/c1-11-7-17(22-9-13(20)16(10-22)24-2)23-15-6-4-3-5-14(15)21-18(23)12(11)8-19/h3-7,13,16H,9-10,20H2,1-2H3/t13-,16+/m0/s1. The van der Waals surface area contributed by atoms with Crippen LogP contribution < -0.4 is 10.6 Å². The van der Waals surface area contributed by atoms with Crippen LogP contribution in [0.3, 0.4) is 0 Å². The summed E-state index contributed by atoms with van der Waals surface area (Å²) in [5.74, 6) is 1.00. The maximum absolute atomic E-state index is 9.56. The van der Waals surface area contributed by atoms with E-state index in [-0.39, 0.29) is 12.1 Å². The lowest BCUT2D eigenvalue weighted by Crippen LogP contribution is -2.34. The lowest BCUT2D eigenvalue weighted by molar-refractivity contribution is 0.108. The molecule has 24 heavy (non-hydrogen) atoms. The third kappa shape index (κ3) is 2.06. The van der Waals surface area contributed by atoms with Gasteiger partial charge >= 0.3 is 0 Å². The van der Waals surface area contributed by atoms with Gasteiger partial charge in [-0.05, 0) is 30.7 Å². The van der Waals surface area contributed by atoms with Crippen LogP contribution in [0.1, 0.15) is 11.1 Å². The zero-order valence-electron chi connectivity index (χ0n) is 13.7. The van der Waals surface area contributed by atoms with E-state index >= 15 is 0 Å². The monoisotopic (exact) mass is 321 g/mol. The second-order valence-electron chi connectivity index (χ2n) is 6.27.